The molecule has 0 spiro atoms. The van der Waals surface area contributed by atoms with Gasteiger partial charge < -0.3 is 14.5 Å². The minimum Gasteiger partial charge on any atom is -0.375 e. The summed E-state index contributed by atoms with van der Waals surface area (Å²) in [7, 11) is 0. The number of alkyl halides is 2. The molecule has 8 heteroatoms. The molecule has 22 heavy (non-hydrogen) atoms. The molecule has 1 aromatic rings. The number of ether oxygens (including phenoxy) is 1. The van der Waals surface area contributed by atoms with Crippen LogP contribution in [0, 0.1) is 0 Å². The molecule has 1 fully saturated rings. The van der Waals surface area contributed by atoms with Crippen LogP contribution in [-0.4, -0.2) is 61.6 Å². The number of rotatable bonds is 6. The molecule has 0 aromatic carbocycles. The van der Waals surface area contributed by atoms with E-state index in [-0.39, 0.29) is 18.9 Å². The Morgan fingerprint density at radius 2 is 2.09 bits per heavy atom. The molecule has 0 radical (unpaired) electrons. The lowest BCUT2D eigenvalue weighted by Gasteiger charge is -2.35. The number of amides is 1. The van der Waals surface area contributed by atoms with E-state index in [1.807, 2.05) is 0 Å². The fraction of sp³-hybridized carbons (Fsp3) is 0.571. The van der Waals surface area contributed by atoms with Crippen molar-refractivity contribution in [1.29, 1.82) is 0 Å². The van der Waals surface area contributed by atoms with E-state index in [0.717, 1.165) is 5.82 Å². The van der Waals surface area contributed by atoms with Gasteiger partial charge in [-0.1, -0.05) is 11.6 Å². The summed E-state index contributed by atoms with van der Waals surface area (Å²) in [6.45, 7) is 1.87. The number of carbonyl (C=O) groups excluding carboxylic acids is 1. The summed E-state index contributed by atoms with van der Waals surface area (Å²) in [5, 5.41) is 0.625. The van der Waals surface area contributed by atoms with Crippen molar-refractivity contribution in [3.63, 3.8) is 0 Å². The maximum Gasteiger partial charge on any atom is 0.261 e. The van der Waals surface area contributed by atoms with Gasteiger partial charge in [0.1, 0.15) is 12.4 Å². The molecule has 1 aliphatic heterocycles. The van der Waals surface area contributed by atoms with E-state index in [9.17, 15) is 13.6 Å². The molecule has 0 atom stereocenters. The quantitative estimate of drug-likeness (QED) is 0.748. The van der Waals surface area contributed by atoms with Crippen molar-refractivity contribution in [3.8, 4) is 0 Å². The van der Waals surface area contributed by atoms with Crippen LogP contribution in [0.5, 0.6) is 0 Å². The second-order valence-electron chi connectivity index (χ2n) is 4.92. The molecule has 1 saturated heterocycles. The van der Waals surface area contributed by atoms with Crippen LogP contribution in [0.4, 0.5) is 14.6 Å². The van der Waals surface area contributed by atoms with Gasteiger partial charge in [-0.05, 0) is 12.1 Å². The molecule has 122 valence electrons. The van der Waals surface area contributed by atoms with Gasteiger partial charge in [-0.15, -0.1) is 0 Å². The Bertz CT molecular complexity index is 497. The summed E-state index contributed by atoms with van der Waals surface area (Å²) in [4.78, 5) is 20.0. The van der Waals surface area contributed by atoms with Gasteiger partial charge in [0, 0.05) is 37.4 Å². The smallest absolute Gasteiger partial charge is 0.261 e. The Morgan fingerprint density at radius 1 is 1.36 bits per heavy atom. The Morgan fingerprint density at radius 3 is 2.73 bits per heavy atom. The van der Waals surface area contributed by atoms with Gasteiger partial charge >= 0.3 is 0 Å². The summed E-state index contributed by atoms with van der Waals surface area (Å²) in [6, 6.07) is 3.50. The van der Waals surface area contributed by atoms with Crippen LogP contribution in [0.1, 0.15) is 6.42 Å². The van der Waals surface area contributed by atoms with Gasteiger partial charge in [-0.3, -0.25) is 4.79 Å². The van der Waals surface area contributed by atoms with E-state index < -0.39 is 13.0 Å². The second kappa shape index (κ2) is 8.24. The molecule has 0 unspecified atom stereocenters. The van der Waals surface area contributed by atoms with Crippen molar-refractivity contribution in [1.82, 2.24) is 9.88 Å². The maximum atomic E-state index is 11.9. The summed E-state index contributed by atoms with van der Waals surface area (Å²) in [6.07, 6.45) is -0.721. The summed E-state index contributed by atoms with van der Waals surface area (Å²) in [5.41, 5.74) is 0. The zero-order chi connectivity index (χ0) is 15.9. The van der Waals surface area contributed by atoms with E-state index in [1.165, 1.54) is 0 Å². The number of hydrogen-bond donors (Lipinski definition) is 0. The highest BCUT2D eigenvalue weighted by molar-refractivity contribution is 6.30. The first-order valence-electron chi connectivity index (χ1n) is 7.06. The monoisotopic (exact) mass is 333 g/mol. The first-order chi connectivity index (χ1) is 10.6. The predicted molar refractivity (Wildman–Crippen MR) is 79.5 cm³/mol. The summed E-state index contributed by atoms with van der Waals surface area (Å²) in [5.74, 6) is 0.716. The number of nitrogens with zero attached hydrogens (tertiary/aromatic N) is 3. The molecular formula is C14H18ClF2N3O2. The SMILES string of the molecule is O=C(CCOCC(F)F)N1CCN(c2cc(Cl)ccn2)CC1. The Hall–Kier alpha value is -1.47. The van der Waals surface area contributed by atoms with E-state index in [0.29, 0.717) is 31.2 Å². The third kappa shape index (κ3) is 5.06. The molecule has 1 aromatic heterocycles. The number of anilines is 1. The minimum atomic E-state index is -2.50. The molecule has 0 saturated carbocycles. The summed E-state index contributed by atoms with van der Waals surface area (Å²) < 4.78 is 28.5. The Labute approximate surface area is 132 Å². The molecule has 0 bridgehead atoms. The second-order valence-corrected chi connectivity index (χ2v) is 5.35. The number of halogens is 3. The van der Waals surface area contributed by atoms with Gasteiger partial charge in [0.2, 0.25) is 5.91 Å². The van der Waals surface area contributed by atoms with Gasteiger partial charge in [0.25, 0.3) is 6.43 Å². The normalized spacial score (nSPS) is 15.5. The van der Waals surface area contributed by atoms with Crippen LogP contribution in [0.25, 0.3) is 0 Å². The lowest BCUT2D eigenvalue weighted by Crippen LogP contribution is -2.49. The number of pyridine rings is 1. The van der Waals surface area contributed by atoms with E-state index in [1.54, 1.807) is 23.2 Å². The standard InChI is InChI=1S/C14H18ClF2N3O2/c15-11-1-3-18-13(9-11)19-4-6-20(7-5-19)14(21)2-8-22-10-12(16)17/h1,3,9,12H,2,4-8,10H2. The van der Waals surface area contributed by atoms with Crippen molar-refractivity contribution in [2.45, 2.75) is 12.8 Å². The van der Waals surface area contributed by atoms with Gasteiger partial charge in [0.05, 0.1) is 13.0 Å². The number of piperazine rings is 1. The van der Waals surface area contributed by atoms with Crippen LogP contribution in [0.3, 0.4) is 0 Å². The predicted octanol–water partition coefficient (Wildman–Crippen LogP) is 2.06. The van der Waals surface area contributed by atoms with Gasteiger partial charge in [0.15, 0.2) is 0 Å². The molecular weight excluding hydrogens is 316 g/mol. The number of hydrogen-bond acceptors (Lipinski definition) is 4. The van der Waals surface area contributed by atoms with Crippen LogP contribution in [-0.2, 0) is 9.53 Å². The first kappa shape index (κ1) is 16.9. The Kier molecular flexibility index (Phi) is 6.33. The van der Waals surface area contributed by atoms with E-state index in [2.05, 4.69) is 9.88 Å². The van der Waals surface area contributed by atoms with Crippen molar-refractivity contribution in [2.75, 3.05) is 44.3 Å². The highest BCUT2D eigenvalue weighted by Crippen LogP contribution is 2.18. The lowest BCUT2D eigenvalue weighted by molar-refractivity contribution is -0.133. The summed E-state index contributed by atoms with van der Waals surface area (Å²) >= 11 is 5.94. The van der Waals surface area contributed by atoms with Crippen molar-refractivity contribution >= 4 is 23.3 Å². The molecule has 1 amide bonds. The van der Waals surface area contributed by atoms with Crippen molar-refractivity contribution in [2.24, 2.45) is 0 Å². The van der Waals surface area contributed by atoms with Crippen molar-refractivity contribution in [3.05, 3.63) is 23.4 Å². The average molecular weight is 334 g/mol. The topological polar surface area (TPSA) is 45.7 Å². The van der Waals surface area contributed by atoms with Crippen molar-refractivity contribution < 1.29 is 18.3 Å². The molecule has 1 aliphatic rings. The third-order valence-electron chi connectivity index (χ3n) is 3.37. The van der Waals surface area contributed by atoms with E-state index in [4.69, 9.17) is 16.3 Å². The largest absolute Gasteiger partial charge is 0.375 e. The van der Waals surface area contributed by atoms with Crippen LogP contribution >= 0.6 is 11.6 Å². The zero-order valence-electron chi connectivity index (χ0n) is 12.1. The average Bonchev–Trinajstić information content (AvgIpc) is 2.51. The highest BCUT2D eigenvalue weighted by Gasteiger charge is 2.21. The number of aromatic nitrogens is 1. The fourth-order valence-electron chi connectivity index (χ4n) is 2.24. The minimum absolute atomic E-state index is 0.0270. The zero-order valence-corrected chi connectivity index (χ0v) is 12.8. The molecule has 5 nitrogen and oxygen atoms in total. The fourth-order valence-corrected chi connectivity index (χ4v) is 2.40. The van der Waals surface area contributed by atoms with Crippen LogP contribution in [0.2, 0.25) is 5.02 Å². The Balaban J connectivity index is 1.73. The third-order valence-corrected chi connectivity index (χ3v) is 3.60. The van der Waals surface area contributed by atoms with Gasteiger partial charge in [-0.25, -0.2) is 13.8 Å². The maximum absolute atomic E-state index is 11.9. The van der Waals surface area contributed by atoms with Crippen LogP contribution in [0.15, 0.2) is 18.3 Å². The molecule has 0 N–H and O–H groups in total. The number of carbonyl (C=O) groups is 1. The molecule has 2 heterocycles. The van der Waals surface area contributed by atoms with E-state index >= 15 is 0 Å². The van der Waals surface area contributed by atoms with Crippen LogP contribution < -0.4 is 4.90 Å². The molecule has 0 aliphatic carbocycles. The van der Waals surface area contributed by atoms with Gasteiger partial charge in [-0.2, -0.15) is 0 Å². The lowest BCUT2D eigenvalue weighted by atomic mass is 10.2. The molecule has 2 rings (SSSR count). The highest BCUT2D eigenvalue weighted by atomic mass is 35.5. The first-order valence-corrected chi connectivity index (χ1v) is 7.44.